The van der Waals surface area contributed by atoms with Gasteiger partial charge in [0.15, 0.2) is 0 Å². The predicted molar refractivity (Wildman–Crippen MR) is 49.6 cm³/mol. The Morgan fingerprint density at radius 3 is 2.58 bits per heavy atom. The minimum absolute atomic E-state index is 0.0569. The van der Waals surface area contributed by atoms with Crippen LogP contribution >= 0.6 is 0 Å². The highest BCUT2D eigenvalue weighted by molar-refractivity contribution is 4.98. The Hall–Kier alpha value is -0.550. The van der Waals surface area contributed by atoms with E-state index in [2.05, 4.69) is 25.2 Å². The van der Waals surface area contributed by atoms with Crippen molar-refractivity contribution in [1.29, 1.82) is 5.26 Å². The molecule has 1 saturated carbocycles. The Kier molecular flexibility index (Phi) is 2.74. The van der Waals surface area contributed by atoms with Gasteiger partial charge in [-0.2, -0.15) is 5.26 Å². The molecule has 0 aliphatic heterocycles. The zero-order chi connectivity index (χ0) is 9.19. The molecular weight excluding hydrogens is 148 g/mol. The van der Waals surface area contributed by atoms with Gasteiger partial charge in [-0.1, -0.05) is 20.8 Å². The van der Waals surface area contributed by atoms with E-state index in [4.69, 9.17) is 5.26 Å². The average Bonchev–Trinajstić information content (AvgIpc) is 2.61. The van der Waals surface area contributed by atoms with Gasteiger partial charge in [-0.15, -0.1) is 0 Å². The molecule has 1 fully saturated rings. The second kappa shape index (κ2) is 3.45. The number of nitrogens with one attached hydrogen (secondary N) is 1. The van der Waals surface area contributed by atoms with Crippen molar-refractivity contribution >= 4 is 0 Å². The fraction of sp³-hybridized carbons (Fsp3) is 0.900. The first-order valence-electron chi connectivity index (χ1n) is 4.73. The van der Waals surface area contributed by atoms with E-state index < -0.39 is 0 Å². The van der Waals surface area contributed by atoms with Gasteiger partial charge in [-0.05, 0) is 30.7 Å². The molecule has 2 atom stereocenters. The summed E-state index contributed by atoms with van der Waals surface area (Å²) in [6.07, 6.45) is 2.21. The number of hydrogen-bond acceptors (Lipinski definition) is 2. The van der Waals surface area contributed by atoms with Crippen LogP contribution in [0.1, 0.15) is 33.6 Å². The smallest absolute Gasteiger partial charge is 0.0950 e. The lowest BCUT2D eigenvalue weighted by Crippen LogP contribution is -2.29. The molecule has 2 unspecified atom stereocenters. The van der Waals surface area contributed by atoms with E-state index in [0.717, 1.165) is 18.9 Å². The van der Waals surface area contributed by atoms with Crippen molar-refractivity contribution in [3.05, 3.63) is 0 Å². The Morgan fingerprint density at radius 1 is 1.67 bits per heavy atom. The lowest BCUT2D eigenvalue weighted by atomic mass is 10.1. The van der Waals surface area contributed by atoms with Crippen LogP contribution in [0.3, 0.4) is 0 Å². The second-order valence-corrected chi connectivity index (χ2v) is 4.39. The molecule has 0 bridgehead atoms. The highest BCUT2D eigenvalue weighted by Crippen LogP contribution is 2.50. The second-order valence-electron chi connectivity index (χ2n) is 4.39. The van der Waals surface area contributed by atoms with Crippen LogP contribution in [-0.4, -0.2) is 12.6 Å². The molecule has 0 spiro atoms. The van der Waals surface area contributed by atoms with E-state index in [9.17, 15) is 0 Å². The highest BCUT2D eigenvalue weighted by Gasteiger charge is 2.44. The van der Waals surface area contributed by atoms with Crippen LogP contribution in [0.15, 0.2) is 0 Å². The van der Waals surface area contributed by atoms with E-state index in [1.54, 1.807) is 0 Å². The Morgan fingerprint density at radius 2 is 2.25 bits per heavy atom. The van der Waals surface area contributed by atoms with Gasteiger partial charge in [0.25, 0.3) is 0 Å². The zero-order valence-corrected chi connectivity index (χ0v) is 8.22. The van der Waals surface area contributed by atoms with E-state index in [-0.39, 0.29) is 6.04 Å². The lowest BCUT2D eigenvalue weighted by Gasteiger charge is -2.09. The van der Waals surface area contributed by atoms with Gasteiger partial charge in [0, 0.05) is 0 Å². The van der Waals surface area contributed by atoms with Crippen molar-refractivity contribution in [2.75, 3.05) is 6.54 Å². The fourth-order valence-electron chi connectivity index (χ4n) is 1.49. The van der Waals surface area contributed by atoms with Crippen molar-refractivity contribution in [3.8, 4) is 6.07 Å². The van der Waals surface area contributed by atoms with E-state index >= 15 is 0 Å². The van der Waals surface area contributed by atoms with Crippen molar-refractivity contribution in [2.24, 2.45) is 11.3 Å². The normalized spacial score (nSPS) is 27.7. The summed E-state index contributed by atoms with van der Waals surface area (Å²) in [6.45, 7) is 7.62. The maximum atomic E-state index is 8.68. The van der Waals surface area contributed by atoms with E-state index in [1.165, 1.54) is 6.42 Å². The van der Waals surface area contributed by atoms with Gasteiger partial charge >= 0.3 is 0 Å². The van der Waals surface area contributed by atoms with Crippen molar-refractivity contribution < 1.29 is 0 Å². The van der Waals surface area contributed by atoms with Gasteiger partial charge in [0.05, 0.1) is 12.1 Å². The van der Waals surface area contributed by atoms with Crippen LogP contribution < -0.4 is 5.32 Å². The summed E-state index contributed by atoms with van der Waals surface area (Å²) in [5, 5.41) is 12.0. The van der Waals surface area contributed by atoms with E-state index in [1.807, 2.05) is 6.92 Å². The molecule has 0 amide bonds. The molecule has 12 heavy (non-hydrogen) atoms. The molecule has 2 nitrogen and oxygen atoms in total. The molecule has 0 aromatic heterocycles. The SMILES string of the molecule is CCC(C#N)NCC1CC1(C)C. The first-order valence-corrected chi connectivity index (χ1v) is 4.73. The Bertz CT molecular complexity index is 191. The average molecular weight is 166 g/mol. The van der Waals surface area contributed by atoms with Gasteiger partial charge < -0.3 is 5.32 Å². The van der Waals surface area contributed by atoms with Gasteiger partial charge in [-0.25, -0.2) is 0 Å². The molecule has 1 N–H and O–H groups in total. The fourth-order valence-corrected chi connectivity index (χ4v) is 1.49. The summed E-state index contributed by atoms with van der Waals surface area (Å²) in [6, 6.07) is 2.31. The minimum Gasteiger partial charge on any atom is -0.302 e. The summed E-state index contributed by atoms with van der Waals surface area (Å²) >= 11 is 0. The molecule has 1 aliphatic rings. The number of nitrogens with zero attached hydrogens (tertiary/aromatic N) is 1. The quantitative estimate of drug-likeness (QED) is 0.692. The van der Waals surface area contributed by atoms with Crippen molar-refractivity contribution in [3.63, 3.8) is 0 Å². The van der Waals surface area contributed by atoms with Gasteiger partial charge in [0.2, 0.25) is 0 Å². The third kappa shape index (κ3) is 2.22. The summed E-state index contributed by atoms with van der Waals surface area (Å²) in [5.74, 6) is 0.792. The molecule has 1 aliphatic carbocycles. The van der Waals surface area contributed by atoms with Gasteiger partial charge in [-0.3, -0.25) is 0 Å². The molecule has 0 aromatic carbocycles. The number of rotatable bonds is 4. The van der Waals surface area contributed by atoms with Crippen LogP contribution in [0.25, 0.3) is 0 Å². The molecule has 0 heterocycles. The maximum absolute atomic E-state index is 8.68. The molecule has 1 rings (SSSR count). The predicted octanol–water partition coefficient (Wildman–Crippen LogP) is 1.92. The van der Waals surface area contributed by atoms with E-state index in [0.29, 0.717) is 5.41 Å². The van der Waals surface area contributed by atoms with Crippen molar-refractivity contribution in [2.45, 2.75) is 39.7 Å². The third-order valence-corrected chi connectivity index (χ3v) is 2.89. The molecule has 2 heteroatoms. The lowest BCUT2D eigenvalue weighted by molar-refractivity contribution is 0.493. The number of hydrogen-bond donors (Lipinski definition) is 1. The van der Waals surface area contributed by atoms with Crippen LogP contribution in [0, 0.1) is 22.7 Å². The topological polar surface area (TPSA) is 35.8 Å². The summed E-state index contributed by atoms with van der Waals surface area (Å²) in [5.41, 5.74) is 0.529. The molecule has 0 saturated heterocycles. The number of nitriles is 1. The molecule has 0 aromatic rings. The zero-order valence-electron chi connectivity index (χ0n) is 8.22. The Labute approximate surface area is 75.0 Å². The molecule has 68 valence electrons. The maximum Gasteiger partial charge on any atom is 0.0950 e. The first-order chi connectivity index (χ1) is 5.60. The van der Waals surface area contributed by atoms with Crippen LogP contribution in [0.5, 0.6) is 0 Å². The van der Waals surface area contributed by atoms with Crippen LogP contribution in [0.4, 0.5) is 0 Å². The third-order valence-electron chi connectivity index (χ3n) is 2.89. The largest absolute Gasteiger partial charge is 0.302 e. The minimum atomic E-state index is 0.0569. The molecule has 0 radical (unpaired) electrons. The molecular formula is C10H18N2. The van der Waals surface area contributed by atoms with Crippen LogP contribution in [-0.2, 0) is 0 Å². The summed E-state index contributed by atoms with van der Waals surface area (Å²) < 4.78 is 0. The standard InChI is InChI=1S/C10H18N2/c1-4-9(6-11)12-7-8-5-10(8,2)3/h8-9,12H,4-5,7H2,1-3H3. The van der Waals surface area contributed by atoms with Crippen LogP contribution in [0.2, 0.25) is 0 Å². The monoisotopic (exact) mass is 166 g/mol. The first kappa shape index (κ1) is 9.54. The summed E-state index contributed by atoms with van der Waals surface area (Å²) in [7, 11) is 0. The summed E-state index contributed by atoms with van der Waals surface area (Å²) in [4.78, 5) is 0. The van der Waals surface area contributed by atoms with Crippen molar-refractivity contribution in [1.82, 2.24) is 5.32 Å². The Balaban J connectivity index is 2.15. The van der Waals surface area contributed by atoms with Gasteiger partial charge in [0.1, 0.15) is 0 Å². The highest BCUT2D eigenvalue weighted by atomic mass is 14.9.